The standard InChI is InChI=1S/C18H13N5O2/c24-23(25)14-8-4-5-12(9-14)16-10-15-17(19-11-20-18(15)22-16)21-13-6-2-1-3-7-13/h1-11H,(H2,19,20,21,22). The molecule has 0 saturated heterocycles. The predicted octanol–water partition coefficient (Wildman–Crippen LogP) is 4.28. The van der Waals surface area contributed by atoms with E-state index in [1.54, 1.807) is 6.07 Å². The number of fused-ring (bicyclic) bond motifs is 1. The van der Waals surface area contributed by atoms with E-state index in [9.17, 15) is 10.1 Å². The summed E-state index contributed by atoms with van der Waals surface area (Å²) in [6.45, 7) is 0. The SMILES string of the molecule is O=[N+]([O-])c1cccc(-c2cc3c(Nc4ccccc4)ncnc3[nH]2)c1. The maximum Gasteiger partial charge on any atom is 0.270 e. The zero-order valence-electron chi connectivity index (χ0n) is 13.0. The molecule has 122 valence electrons. The first-order chi connectivity index (χ1) is 12.2. The molecular weight excluding hydrogens is 318 g/mol. The number of nitro groups is 1. The molecule has 25 heavy (non-hydrogen) atoms. The van der Waals surface area contributed by atoms with Crippen molar-refractivity contribution < 1.29 is 4.92 Å². The van der Waals surface area contributed by atoms with Crippen molar-refractivity contribution >= 4 is 28.2 Å². The smallest absolute Gasteiger partial charge is 0.270 e. The number of nitro benzene ring substituents is 1. The Labute approximate surface area is 142 Å². The van der Waals surface area contributed by atoms with Gasteiger partial charge in [0, 0.05) is 29.1 Å². The van der Waals surface area contributed by atoms with Gasteiger partial charge in [-0.2, -0.15) is 0 Å². The summed E-state index contributed by atoms with van der Waals surface area (Å²) < 4.78 is 0. The van der Waals surface area contributed by atoms with Gasteiger partial charge < -0.3 is 10.3 Å². The van der Waals surface area contributed by atoms with E-state index in [-0.39, 0.29) is 5.69 Å². The van der Waals surface area contributed by atoms with Crippen molar-refractivity contribution in [2.75, 3.05) is 5.32 Å². The lowest BCUT2D eigenvalue weighted by Gasteiger charge is -2.05. The van der Waals surface area contributed by atoms with Crippen LogP contribution in [0.2, 0.25) is 0 Å². The highest BCUT2D eigenvalue weighted by molar-refractivity contribution is 5.93. The third-order valence-electron chi connectivity index (χ3n) is 3.83. The van der Waals surface area contributed by atoms with Crippen molar-refractivity contribution in [3.05, 3.63) is 77.1 Å². The van der Waals surface area contributed by atoms with Crippen LogP contribution in [0.4, 0.5) is 17.2 Å². The average Bonchev–Trinajstić information content (AvgIpc) is 3.08. The fourth-order valence-corrected chi connectivity index (χ4v) is 2.64. The molecule has 4 rings (SSSR count). The van der Waals surface area contributed by atoms with Crippen LogP contribution in [0.3, 0.4) is 0 Å². The minimum atomic E-state index is -0.408. The van der Waals surface area contributed by atoms with Crippen molar-refractivity contribution in [2.24, 2.45) is 0 Å². The van der Waals surface area contributed by atoms with Crippen LogP contribution >= 0.6 is 0 Å². The van der Waals surface area contributed by atoms with E-state index in [1.165, 1.54) is 18.5 Å². The molecule has 0 radical (unpaired) electrons. The zero-order chi connectivity index (χ0) is 17.2. The van der Waals surface area contributed by atoms with Gasteiger partial charge in [0.1, 0.15) is 17.8 Å². The van der Waals surface area contributed by atoms with Crippen LogP contribution < -0.4 is 5.32 Å². The first kappa shape index (κ1) is 14.8. The van der Waals surface area contributed by atoms with Crippen LogP contribution in [0, 0.1) is 10.1 Å². The molecule has 0 saturated carbocycles. The second-order valence-electron chi connectivity index (χ2n) is 5.47. The second kappa shape index (κ2) is 6.04. The van der Waals surface area contributed by atoms with Crippen molar-refractivity contribution in [3.63, 3.8) is 0 Å². The number of rotatable bonds is 4. The number of non-ortho nitro benzene ring substituents is 1. The normalized spacial score (nSPS) is 10.7. The Morgan fingerprint density at radius 1 is 1.00 bits per heavy atom. The van der Waals surface area contributed by atoms with Gasteiger partial charge in [-0.3, -0.25) is 10.1 Å². The summed E-state index contributed by atoms with van der Waals surface area (Å²) >= 11 is 0. The number of hydrogen-bond acceptors (Lipinski definition) is 5. The van der Waals surface area contributed by atoms with Gasteiger partial charge in [0.2, 0.25) is 0 Å². The Kier molecular flexibility index (Phi) is 3.59. The van der Waals surface area contributed by atoms with Crippen molar-refractivity contribution in [1.82, 2.24) is 15.0 Å². The Hall–Kier alpha value is -3.74. The maximum atomic E-state index is 11.0. The van der Waals surface area contributed by atoms with E-state index in [0.29, 0.717) is 11.5 Å². The third-order valence-corrected chi connectivity index (χ3v) is 3.83. The molecule has 0 unspecified atom stereocenters. The predicted molar refractivity (Wildman–Crippen MR) is 95.7 cm³/mol. The number of anilines is 2. The quantitative estimate of drug-likeness (QED) is 0.430. The van der Waals surface area contributed by atoms with Gasteiger partial charge in [0.25, 0.3) is 5.69 Å². The zero-order valence-corrected chi connectivity index (χ0v) is 13.0. The van der Waals surface area contributed by atoms with E-state index < -0.39 is 4.92 Å². The number of nitrogens with one attached hydrogen (secondary N) is 2. The van der Waals surface area contributed by atoms with Crippen LogP contribution in [0.1, 0.15) is 0 Å². The molecule has 2 heterocycles. The van der Waals surface area contributed by atoms with E-state index in [4.69, 9.17) is 0 Å². The summed E-state index contributed by atoms with van der Waals surface area (Å²) in [5.41, 5.74) is 3.09. The fourth-order valence-electron chi connectivity index (χ4n) is 2.64. The molecule has 7 nitrogen and oxygen atoms in total. The first-order valence-electron chi connectivity index (χ1n) is 7.61. The minimum absolute atomic E-state index is 0.0462. The molecule has 0 fully saturated rings. The van der Waals surface area contributed by atoms with Gasteiger partial charge in [0.15, 0.2) is 0 Å². The summed E-state index contributed by atoms with van der Waals surface area (Å²) in [5, 5.41) is 15.1. The van der Waals surface area contributed by atoms with Gasteiger partial charge in [-0.05, 0) is 18.2 Å². The lowest BCUT2D eigenvalue weighted by atomic mass is 10.1. The number of H-pyrrole nitrogens is 1. The lowest BCUT2D eigenvalue weighted by molar-refractivity contribution is -0.384. The van der Waals surface area contributed by atoms with E-state index >= 15 is 0 Å². The summed E-state index contributed by atoms with van der Waals surface area (Å²) in [5.74, 6) is 0.670. The Morgan fingerprint density at radius 3 is 2.64 bits per heavy atom. The monoisotopic (exact) mass is 331 g/mol. The lowest BCUT2D eigenvalue weighted by Crippen LogP contribution is -1.94. The van der Waals surface area contributed by atoms with Crippen LogP contribution in [-0.4, -0.2) is 19.9 Å². The number of hydrogen-bond donors (Lipinski definition) is 2. The van der Waals surface area contributed by atoms with Crippen molar-refractivity contribution in [2.45, 2.75) is 0 Å². The number of aromatic amines is 1. The van der Waals surface area contributed by atoms with Crippen molar-refractivity contribution in [1.29, 1.82) is 0 Å². The summed E-state index contributed by atoms with van der Waals surface area (Å²) in [6, 6.07) is 18.1. The molecule has 0 spiro atoms. The Morgan fingerprint density at radius 2 is 1.84 bits per heavy atom. The molecule has 4 aromatic rings. The molecule has 2 aromatic heterocycles. The molecule has 2 N–H and O–H groups in total. The molecule has 0 atom stereocenters. The summed E-state index contributed by atoms with van der Waals surface area (Å²) in [4.78, 5) is 22.3. The molecule has 0 aliphatic heterocycles. The highest BCUT2D eigenvalue weighted by atomic mass is 16.6. The van der Waals surface area contributed by atoms with Crippen LogP contribution in [0.5, 0.6) is 0 Å². The second-order valence-corrected chi connectivity index (χ2v) is 5.47. The fraction of sp³-hybridized carbons (Fsp3) is 0. The summed E-state index contributed by atoms with van der Waals surface area (Å²) in [7, 11) is 0. The molecule has 0 amide bonds. The highest BCUT2D eigenvalue weighted by Crippen LogP contribution is 2.29. The molecule has 0 aliphatic carbocycles. The highest BCUT2D eigenvalue weighted by Gasteiger charge is 2.12. The van der Waals surface area contributed by atoms with Crippen molar-refractivity contribution in [3.8, 4) is 11.3 Å². The molecular formula is C18H13N5O2. The van der Waals surface area contributed by atoms with E-state index in [1.807, 2.05) is 42.5 Å². The maximum absolute atomic E-state index is 11.0. The summed E-state index contributed by atoms with van der Waals surface area (Å²) in [6.07, 6.45) is 1.47. The topological polar surface area (TPSA) is 96.7 Å². The van der Waals surface area contributed by atoms with E-state index in [0.717, 1.165) is 22.3 Å². The van der Waals surface area contributed by atoms with Gasteiger partial charge in [-0.15, -0.1) is 0 Å². The third kappa shape index (κ3) is 2.90. The van der Waals surface area contributed by atoms with Crippen LogP contribution in [0.15, 0.2) is 67.0 Å². The van der Waals surface area contributed by atoms with Gasteiger partial charge in [-0.1, -0.05) is 30.3 Å². The number of nitrogens with zero attached hydrogens (tertiary/aromatic N) is 3. The van der Waals surface area contributed by atoms with Crippen LogP contribution in [-0.2, 0) is 0 Å². The largest absolute Gasteiger partial charge is 0.340 e. The molecule has 0 aliphatic rings. The number of benzene rings is 2. The van der Waals surface area contributed by atoms with Crippen LogP contribution in [0.25, 0.3) is 22.3 Å². The number of aromatic nitrogens is 3. The molecule has 0 bridgehead atoms. The van der Waals surface area contributed by atoms with Gasteiger partial charge in [-0.25, -0.2) is 9.97 Å². The first-order valence-corrected chi connectivity index (χ1v) is 7.61. The van der Waals surface area contributed by atoms with Gasteiger partial charge in [0.05, 0.1) is 10.3 Å². The molecule has 7 heteroatoms. The molecule has 2 aromatic carbocycles. The van der Waals surface area contributed by atoms with Gasteiger partial charge >= 0.3 is 0 Å². The Bertz CT molecular complexity index is 1060. The van der Waals surface area contributed by atoms with E-state index in [2.05, 4.69) is 20.3 Å². The average molecular weight is 331 g/mol. The minimum Gasteiger partial charge on any atom is -0.340 e. The Balaban J connectivity index is 1.77. The number of para-hydroxylation sites is 1.